The van der Waals surface area contributed by atoms with Gasteiger partial charge in [0.2, 0.25) is 0 Å². The predicted molar refractivity (Wildman–Crippen MR) is 46.4 cm³/mol. The molecule has 6 N–H and O–H groups in total. The fourth-order valence-electron chi connectivity index (χ4n) is 0. The topological polar surface area (TPSA) is 175 Å². The Morgan fingerprint density at radius 3 is 0.812 bits per heavy atom. The van der Waals surface area contributed by atoms with Gasteiger partial charge in [0.1, 0.15) is 0 Å². The van der Waals surface area contributed by atoms with Crippen LogP contribution in [0, 0.1) is 0 Å². The smallest absolute Gasteiger partial charge is 0.768 e. The van der Waals surface area contributed by atoms with Crippen LogP contribution in [0.25, 0.3) is 0 Å². The fraction of sp³-hybridized carbons (Fsp3) is 1.00. The quantitative estimate of drug-likeness (QED) is 0.307. The van der Waals surface area contributed by atoms with Crippen LogP contribution in [0.15, 0.2) is 0 Å². The SMILES string of the molecule is O.O.O.O=S([O-])C(F)F.O=S([O-])C(F)F.[Mg+2]. The Hall–Kier alpha value is 0.586. The van der Waals surface area contributed by atoms with Crippen molar-refractivity contribution in [2.24, 2.45) is 0 Å². The molecule has 0 aliphatic carbocycles. The van der Waals surface area contributed by atoms with Crippen molar-refractivity contribution >= 4 is 45.2 Å². The molecule has 0 saturated carbocycles. The summed E-state index contributed by atoms with van der Waals surface area (Å²) in [5.74, 6) is -6.46. The summed E-state index contributed by atoms with van der Waals surface area (Å²) in [5, 5.41) is 0. The van der Waals surface area contributed by atoms with Gasteiger partial charge in [-0.05, 0) is 0 Å². The molecule has 16 heavy (non-hydrogen) atoms. The van der Waals surface area contributed by atoms with E-state index in [1.54, 1.807) is 0 Å². The van der Waals surface area contributed by atoms with Gasteiger partial charge in [-0.15, -0.1) is 0 Å². The summed E-state index contributed by atoms with van der Waals surface area (Å²) >= 11 is -6.40. The summed E-state index contributed by atoms with van der Waals surface area (Å²) in [6.45, 7) is 0. The second-order valence-corrected chi connectivity index (χ2v) is 2.80. The molecule has 0 saturated heterocycles. The van der Waals surface area contributed by atoms with Gasteiger partial charge in [0.15, 0.2) is 0 Å². The molecule has 14 heteroatoms. The molecule has 0 fully saturated rings. The van der Waals surface area contributed by atoms with Crippen molar-refractivity contribution in [2.45, 2.75) is 11.5 Å². The van der Waals surface area contributed by atoms with E-state index in [-0.39, 0.29) is 39.5 Å². The van der Waals surface area contributed by atoms with Crippen LogP contribution >= 0.6 is 0 Å². The minimum atomic E-state index is -3.23. The van der Waals surface area contributed by atoms with Crippen LogP contribution in [-0.4, -0.2) is 68.5 Å². The Morgan fingerprint density at radius 2 is 0.812 bits per heavy atom. The first kappa shape index (κ1) is 36.0. The van der Waals surface area contributed by atoms with E-state index < -0.39 is 33.7 Å². The van der Waals surface area contributed by atoms with Gasteiger partial charge in [-0.3, -0.25) is 8.42 Å². The summed E-state index contributed by atoms with van der Waals surface area (Å²) in [6, 6.07) is 0. The Labute approximate surface area is 108 Å². The standard InChI is InChI=1S/2CH2F2O2S.Mg.3H2O/c2*2-1(3)6(4)5;;;;/h2*1H,(H,4,5);;3*1H2/q;;+2;;;/p-2. The van der Waals surface area contributed by atoms with Crippen LogP contribution in [0.4, 0.5) is 17.6 Å². The number of hydrogen-bond acceptors (Lipinski definition) is 4. The molecule has 0 aromatic carbocycles. The molecular formula is C2H8F4MgO7S2. The maximum Gasteiger partial charge on any atom is 2.00 e. The third-order valence-electron chi connectivity index (χ3n) is 0.291. The van der Waals surface area contributed by atoms with Crippen molar-refractivity contribution in [3.05, 3.63) is 0 Å². The van der Waals surface area contributed by atoms with Gasteiger partial charge >= 0.3 is 23.1 Å². The molecule has 0 heterocycles. The van der Waals surface area contributed by atoms with E-state index in [1.165, 1.54) is 0 Å². The van der Waals surface area contributed by atoms with Crippen molar-refractivity contribution in [1.29, 1.82) is 0 Å². The van der Waals surface area contributed by atoms with Gasteiger partial charge in [-0.2, -0.15) is 17.6 Å². The molecule has 0 aromatic heterocycles. The van der Waals surface area contributed by atoms with Crippen molar-refractivity contribution in [3.8, 4) is 0 Å². The molecule has 0 spiro atoms. The predicted octanol–water partition coefficient (Wildman–Crippen LogP) is -2.68. The van der Waals surface area contributed by atoms with Crippen LogP contribution in [-0.2, 0) is 22.2 Å². The molecule has 100 valence electrons. The molecule has 2 unspecified atom stereocenters. The van der Waals surface area contributed by atoms with Crippen LogP contribution < -0.4 is 0 Å². The van der Waals surface area contributed by atoms with Gasteiger partial charge < -0.3 is 25.5 Å². The first-order valence-electron chi connectivity index (χ1n) is 2.01. The van der Waals surface area contributed by atoms with Gasteiger partial charge in [-0.25, -0.2) is 0 Å². The van der Waals surface area contributed by atoms with Crippen molar-refractivity contribution < 1.29 is 51.5 Å². The average molecular weight is 309 g/mol. The number of halogens is 4. The zero-order valence-electron chi connectivity index (χ0n) is 7.32. The molecule has 0 bridgehead atoms. The fourth-order valence-corrected chi connectivity index (χ4v) is 0. The molecule has 0 radical (unpaired) electrons. The van der Waals surface area contributed by atoms with E-state index in [0.29, 0.717) is 0 Å². The van der Waals surface area contributed by atoms with E-state index in [2.05, 4.69) is 0 Å². The second-order valence-electron chi connectivity index (χ2n) is 1.04. The van der Waals surface area contributed by atoms with Gasteiger partial charge in [0, 0.05) is 22.2 Å². The van der Waals surface area contributed by atoms with Crippen molar-refractivity contribution in [3.63, 3.8) is 0 Å². The normalized spacial score (nSPS) is 11.5. The van der Waals surface area contributed by atoms with Crippen LogP contribution in [0.1, 0.15) is 0 Å². The Morgan fingerprint density at radius 1 is 0.750 bits per heavy atom. The van der Waals surface area contributed by atoms with E-state index in [1.807, 2.05) is 0 Å². The summed E-state index contributed by atoms with van der Waals surface area (Å²) < 4.78 is 78.0. The summed E-state index contributed by atoms with van der Waals surface area (Å²) in [5.41, 5.74) is 0. The Bertz CT molecular complexity index is 152. The number of rotatable bonds is 2. The molecule has 2 atom stereocenters. The first-order chi connectivity index (χ1) is 5.29. The largest absolute Gasteiger partial charge is 2.00 e. The van der Waals surface area contributed by atoms with Gasteiger partial charge in [-0.1, -0.05) is 0 Å². The van der Waals surface area contributed by atoms with E-state index in [0.717, 1.165) is 0 Å². The summed E-state index contributed by atoms with van der Waals surface area (Å²) in [6.07, 6.45) is 0. The van der Waals surface area contributed by atoms with E-state index >= 15 is 0 Å². The molecule has 0 rings (SSSR count). The third-order valence-corrected chi connectivity index (χ3v) is 0.873. The monoisotopic (exact) mass is 308 g/mol. The Balaban J connectivity index is -0.0000000250. The maximum absolute atomic E-state index is 10.5. The molecule has 0 aliphatic rings. The third kappa shape index (κ3) is 36.5. The van der Waals surface area contributed by atoms with Gasteiger partial charge in [0.25, 0.3) is 11.5 Å². The molecular weight excluding hydrogens is 300 g/mol. The van der Waals surface area contributed by atoms with Crippen molar-refractivity contribution in [2.75, 3.05) is 0 Å². The summed E-state index contributed by atoms with van der Waals surface area (Å²) in [7, 11) is 0. The molecule has 0 amide bonds. The second kappa shape index (κ2) is 20.9. The molecule has 7 nitrogen and oxygen atoms in total. The Kier molecular flexibility index (Phi) is 47.0. The minimum Gasteiger partial charge on any atom is -0.768 e. The van der Waals surface area contributed by atoms with Crippen LogP contribution in [0.5, 0.6) is 0 Å². The number of hydrogen-bond donors (Lipinski definition) is 0. The van der Waals surface area contributed by atoms with Crippen LogP contribution in [0.3, 0.4) is 0 Å². The average Bonchev–Trinajstić information content (AvgIpc) is 1.88. The van der Waals surface area contributed by atoms with E-state index in [9.17, 15) is 17.6 Å². The molecule has 0 aromatic rings. The van der Waals surface area contributed by atoms with Crippen LogP contribution in [0.2, 0.25) is 0 Å². The van der Waals surface area contributed by atoms with Crippen molar-refractivity contribution in [1.82, 2.24) is 0 Å². The summed E-state index contributed by atoms with van der Waals surface area (Å²) in [4.78, 5) is 0. The van der Waals surface area contributed by atoms with Gasteiger partial charge in [0.05, 0.1) is 0 Å². The zero-order chi connectivity index (χ0) is 10.3. The molecule has 0 aliphatic heterocycles. The number of alkyl halides is 4. The zero-order valence-corrected chi connectivity index (χ0v) is 10.4. The maximum atomic E-state index is 10.5. The minimum absolute atomic E-state index is 0. The van der Waals surface area contributed by atoms with E-state index in [4.69, 9.17) is 17.5 Å². The first-order valence-corrected chi connectivity index (χ1v) is 4.29.